The van der Waals surface area contributed by atoms with Crippen LogP contribution in [0.25, 0.3) is 0 Å². The maximum absolute atomic E-state index is 12.9. The van der Waals surface area contributed by atoms with E-state index in [1.807, 2.05) is 12.1 Å². The van der Waals surface area contributed by atoms with Gasteiger partial charge in [0.2, 0.25) is 0 Å². The first-order valence-electron chi connectivity index (χ1n) is 10.6. The van der Waals surface area contributed by atoms with Crippen LogP contribution in [0.5, 0.6) is 11.5 Å². The van der Waals surface area contributed by atoms with Crippen LogP contribution in [0.2, 0.25) is 0 Å². The van der Waals surface area contributed by atoms with Crippen molar-refractivity contribution in [1.29, 1.82) is 0 Å². The summed E-state index contributed by atoms with van der Waals surface area (Å²) in [6, 6.07) is 11.6. The summed E-state index contributed by atoms with van der Waals surface area (Å²) in [5, 5.41) is 2.81. The molecule has 2 aromatic rings. The van der Waals surface area contributed by atoms with Crippen LogP contribution in [0, 0.1) is 11.7 Å². The lowest BCUT2D eigenvalue weighted by molar-refractivity contribution is 0.0951. The number of carbonyl (C=O) groups is 1. The molecular weight excluding hydrogens is 383 g/mol. The zero-order valence-corrected chi connectivity index (χ0v) is 17.8. The van der Waals surface area contributed by atoms with E-state index in [1.165, 1.54) is 42.7 Å². The summed E-state index contributed by atoms with van der Waals surface area (Å²) < 4.78 is 24.3. The normalized spacial score (nSPS) is 16.8. The Morgan fingerprint density at radius 3 is 2.73 bits per heavy atom. The zero-order chi connectivity index (χ0) is 21.3. The van der Waals surface area contributed by atoms with Crippen molar-refractivity contribution in [2.75, 3.05) is 33.4 Å². The number of piperidine rings is 1. The number of methoxy groups -OCH3 is 1. The zero-order valence-electron chi connectivity index (χ0n) is 17.8. The van der Waals surface area contributed by atoms with E-state index in [-0.39, 0.29) is 11.7 Å². The molecule has 6 heteroatoms. The molecule has 0 saturated carbocycles. The van der Waals surface area contributed by atoms with Gasteiger partial charge in [0.25, 0.3) is 5.91 Å². The van der Waals surface area contributed by atoms with E-state index in [2.05, 4.69) is 23.2 Å². The maximum Gasteiger partial charge on any atom is 0.251 e. The van der Waals surface area contributed by atoms with Gasteiger partial charge < -0.3 is 14.8 Å². The number of ether oxygens (including phenoxy) is 2. The van der Waals surface area contributed by atoms with E-state index in [9.17, 15) is 9.18 Å². The van der Waals surface area contributed by atoms with Crippen LogP contribution < -0.4 is 14.8 Å². The number of hydrogen-bond donors (Lipinski definition) is 1. The van der Waals surface area contributed by atoms with E-state index in [0.29, 0.717) is 30.9 Å². The SMILES string of the molecule is COc1cc(CN2CCC[C@@H](C)C2)ccc1OCCCNC(=O)c1ccc(F)cc1. The van der Waals surface area contributed by atoms with E-state index in [4.69, 9.17) is 9.47 Å². The average Bonchev–Trinajstić information content (AvgIpc) is 2.74. The molecule has 0 bridgehead atoms. The Morgan fingerprint density at radius 1 is 1.20 bits per heavy atom. The number of amides is 1. The third-order valence-electron chi connectivity index (χ3n) is 5.35. The fraction of sp³-hybridized carbons (Fsp3) is 0.458. The van der Waals surface area contributed by atoms with Crippen LogP contribution in [-0.4, -0.2) is 44.2 Å². The first-order valence-corrected chi connectivity index (χ1v) is 10.6. The van der Waals surface area contributed by atoms with Crippen molar-refractivity contribution in [3.63, 3.8) is 0 Å². The minimum Gasteiger partial charge on any atom is -0.493 e. The molecule has 1 saturated heterocycles. The second-order valence-electron chi connectivity index (χ2n) is 7.93. The highest BCUT2D eigenvalue weighted by Gasteiger charge is 2.17. The number of hydrogen-bond acceptors (Lipinski definition) is 4. The number of likely N-dealkylation sites (tertiary alicyclic amines) is 1. The molecule has 5 nitrogen and oxygen atoms in total. The van der Waals surface area contributed by atoms with Crippen LogP contribution in [0.15, 0.2) is 42.5 Å². The highest BCUT2D eigenvalue weighted by molar-refractivity contribution is 5.94. The van der Waals surface area contributed by atoms with Crippen molar-refractivity contribution >= 4 is 5.91 Å². The summed E-state index contributed by atoms with van der Waals surface area (Å²) in [5.41, 5.74) is 1.66. The van der Waals surface area contributed by atoms with Gasteiger partial charge in [-0.2, -0.15) is 0 Å². The van der Waals surface area contributed by atoms with Gasteiger partial charge in [-0.05, 0) is 73.7 Å². The summed E-state index contributed by atoms with van der Waals surface area (Å²) in [6.07, 6.45) is 3.23. The number of rotatable bonds is 9. The molecule has 1 N–H and O–H groups in total. The third-order valence-corrected chi connectivity index (χ3v) is 5.35. The Kier molecular flexibility index (Phi) is 8.08. The smallest absolute Gasteiger partial charge is 0.251 e. The van der Waals surface area contributed by atoms with Crippen molar-refractivity contribution < 1.29 is 18.7 Å². The number of nitrogens with zero attached hydrogens (tertiary/aromatic N) is 1. The molecule has 162 valence electrons. The summed E-state index contributed by atoms with van der Waals surface area (Å²) in [6.45, 7) is 6.47. The van der Waals surface area contributed by atoms with Gasteiger partial charge in [0.15, 0.2) is 11.5 Å². The van der Waals surface area contributed by atoms with Gasteiger partial charge in [-0.25, -0.2) is 4.39 Å². The van der Waals surface area contributed by atoms with Crippen LogP contribution >= 0.6 is 0 Å². The predicted molar refractivity (Wildman–Crippen MR) is 116 cm³/mol. The molecule has 1 aliphatic rings. The molecule has 1 amide bonds. The lowest BCUT2D eigenvalue weighted by Crippen LogP contribution is -2.33. The van der Waals surface area contributed by atoms with E-state index in [0.717, 1.165) is 31.3 Å². The Morgan fingerprint density at radius 2 is 2.00 bits per heavy atom. The van der Waals surface area contributed by atoms with Crippen molar-refractivity contribution in [3.05, 3.63) is 59.4 Å². The van der Waals surface area contributed by atoms with Crippen LogP contribution in [0.3, 0.4) is 0 Å². The summed E-state index contributed by atoms with van der Waals surface area (Å²) in [5.74, 6) is 1.62. The lowest BCUT2D eigenvalue weighted by atomic mass is 10.00. The van der Waals surface area contributed by atoms with Gasteiger partial charge in [-0.15, -0.1) is 0 Å². The molecule has 0 spiro atoms. The Balaban J connectivity index is 1.43. The summed E-state index contributed by atoms with van der Waals surface area (Å²) in [4.78, 5) is 14.5. The Bertz CT molecular complexity index is 826. The minimum absolute atomic E-state index is 0.219. The second-order valence-corrected chi connectivity index (χ2v) is 7.93. The van der Waals surface area contributed by atoms with Gasteiger partial charge in [0.1, 0.15) is 5.82 Å². The highest BCUT2D eigenvalue weighted by atomic mass is 19.1. The molecule has 30 heavy (non-hydrogen) atoms. The molecule has 2 aromatic carbocycles. The molecule has 3 rings (SSSR count). The van der Waals surface area contributed by atoms with Gasteiger partial charge in [0, 0.05) is 25.2 Å². The third kappa shape index (κ3) is 6.46. The van der Waals surface area contributed by atoms with Gasteiger partial charge in [0.05, 0.1) is 13.7 Å². The van der Waals surface area contributed by atoms with Crippen LogP contribution in [0.1, 0.15) is 42.1 Å². The topological polar surface area (TPSA) is 50.8 Å². The number of halogens is 1. The molecule has 0 radical (unpaired) electrons. The molecular formula is C24H31FN2O3. The van der Waals surface area contributed by atoms with Gasteiger partial charge in [-0.1, -0.05) is 13.0 Å². The van der Waals surface area contributed by atoms with Crippen molar-refractivity contribution in [2.45, 2.75) is 32.7 Å². The predicted octanol–water partition coefficient (Wildman–Crippen LogP) is 4.27. The average molecular weight is 415 g/mol. The molecule has 1 fully saturated rings. The minimum atomic E-state index is -0.356. The van der Waals surface area contributed by atoms with Gasteiger partial charge >= 0.3 is 0 Å². The quantitative estimate of drug-likeness (QED) is 0.623. The first kappa shape index (κ1) is 22.1. The van der Waals surface area contributed by atoms with Crippen molar-refractivity contribution in [1.82, 2.24) is 10.2 Å². The maximum atomic E-state index is 12.9. The van der Waals surface area contributed by atoms with E-state index >= 15 is 0 Å². The second kappa shape index (κ2) is 11.0. The number of nitrogens with one attached hydrogen (secondary N) is 1. The van der Waals surface area contributed by atoms with Crippen LogP contribution in [0.4, 0.5) is 4.39 Å². The molecule has 1 heterocycles. The van der Waals surface area contributed by atoms with Gasteiger partial charge in [-0.3, -0.25) is 9.69 Å². The van der Waals surface area contributed by atoms with E-state index < -0.39 is 0 Å². The largest absolute Gasteiger partial charge is 0.493 e. The molecule has 1 atom stereocenters. The molecule has 0 aliphatic carbocycles. The fourth-order valence-corrected chi connectivity index (χ4v) is 3.78. The van der Waals surface area contributed by atoms with Crippen molar-refractivity contribution in [2.24, 2.45) is 5.92 Å². The van der Waals surface area contributed by atoms with Crippen LogP contribution in [-0.2, 0) is 6.54 Å². The first-order chi connectivity index (χ1) is 14.5. The molecule has 1 aliphatic heterocycles. The van der Waals surface area contributed by atoms with E-state index in [1.54, 1.807) is 7.11 Å². The molecule has 0 aromatic heterocycles. The molecule has 0 unspecified atom stereocenters. The summed E-state index contributed by atoms with van der Waals surface area (Å²) in [7, 11) is 1.65. The fourth-order valence-electron chi connectivity index (χ4n) is 3.78. The number of benzene rings is 2. The highest BCUT2D eigenvalue weighted by Crippen LogP contribution is 2.29. The Labute approximate surface area is 178 Å². The monoisotopic (exact) mass is 414 g/mol. The Hall–Kier alpha value is -2.60. The summed E-state index contributed by atoms with van der Waals surface area (Å²) >= 11 is 0. The lowest BCUT2D eigenvalue weighted by Gasteiger charge is -2.30. The standard InChI is InChI=1S/C24H31FN2O3/c1-18-5-3-13-27(16-18)17-19-6-11-22(23(15-19)29-2)30-14-4-12-26-24(28)20-7-9-21(25)10-8-20/h6-11,15,18H,3-5,12-14,16-17H2,1-2H3,(H,26,28)/t18-/m1/s1. The number of carbonyl (C=O) groups excluding carboxylic acids is 1. The van der Waals surface area contributed by atoms with Crippen molar-refractivity contribution in [3.8, 4) is 11.5 Å².